The predicted octanol–water partition coefficient (Wildman–Crippen LogP) is 2.55. The topological polar surface area (TPSA) is 32.3 Å². The molecule has 0 spiro atoms. The summed E-state index contributed by atoms with van der Waals surface area (Å²) in [7, 11) is 0. The Morgan fingerprint density at radius 2 is 2.21 bits per heavy atom. The number of benzene rings is 1. The molecular weight excluding hydrogens is 236 g/mol. The lowest BCUT2D eigenvalue weighted by atomic mass is 9.93. The van der Waals surface area contributed by atoms with E-state index in [0.29, 0.717) is 5.92 Å². The van der Waals surface area contributed by atoms with Gasteiger partial charge in [0.15, 0.2) is 0 Å². The summed E-state index contributed by atoms with van der Waals surface area (Å²) in [6.45, 7) is 9.82. The van der Waals surface area contributed by atoms with Gasteiger partial charge in [0, 0.05) is 34.5 Å². The van der Waals surface area contributed by atoms with Gasteiger partial charge in [0.05, 0.1) is 0 Å². The summed E-state index contributed by atoms with van der Waals surface area (Å²) in [4.78, 5) is 13.3. The summed E-state index contributed by atoms with van der Waals surface area (Å²) in [5.41, 5.74) is 4.36. The second-order valence-corrected chi connectivity index (χ2v) is 5.69. The molecule has 0 saturated heterocycles. The predicted molar refractivity (Wildman–Crippen MR) is 80.3 cm³/mol. The molecule has 1 heterocycles. The second kappa shape index (κ2) is 6.20. The molecule has 0 bridgehead atoms. The van der Waals surface area contributed by atoms with Crippen LogP contribution >= 0.6 is 0 Å². The number of nitrogens with one attached hydrogen (secondary N) is 1. The number of hydrogen-bond acceptors (Lipinski definition) is 2. The highest BCUT2D eigenvalue weighted by Crippen LogP contribution is 2.23. The zero-order chi connectivity index (χ0) is 13.8. The first-order valence-corrected chi connectivity index (χ1v) is 7.14. The van der Waals surface area contributed by atoms with Crippen LogP contribution in [0.1, 0.15) is 44.8 Å². The van der Waals surface area contributed by atoms with Crippen molar-refractivity contribution in [3.63, 3.8) is 0 Å². The van der Waals surface area contributed by atoms with Gasteiger partial charge in [-0.05, 0) is 29.0 Å². The van der Waals surface area contributed by atoms with Gasteiger partial charge >= 0.3 is 0 Å². The van der Waals surface area contributed by atoms with Gasteiger partial charge in [0.25, 0.3) is 0 Å². The van der Waals surface area contributed by atoms with Gasteiger partial charge in [-0.15, -0.1) is 0 Å². The van der Waals surface area contributed by atoms with E-state index in [9.17, 15) is 4.79 Å². The number of carbonyl (C=O) groups is 1. The van der Waals surface area contributed by atoms with Crippen LogP contribution < -0.4 is 5.32 Å². The maximum absolute atomic E-state index is 10.9. The molecule has 1 aliphatic heterocycles. The van der Waals surface area contributed by atoms with Gasteiger partial charge in [-0.2, -0.15) is 0 Å². The normalized spacial score (nSPS) is 15.4. The number of hydrogen-bond donors (Lipinski definition) is 1. The molecule has 1 N–H and O–H groups in total. The molecule has 0 radical (unpaired) electrons. The summed E-state index contributed by atoms with van der Waals surface area (Å²) in [5, 5.41) is 2.87. The molecule has 3 nitrogen and oxygen atoms in total. The maximum atomic E-state index is 10.9. The van der Waals surface area contributed by atoms with Crippen molar-refractivity contribution in [1.82, 2.24) is 10.2 Å². The highest BCUT2D eigenvalue weighted by molar-refractivity contribution is 5.72. The van der Waals surface area contributed by atoms with Crippen LogP contribution in [0, 0.1) is 0 Å². The lowest BCUT2D eigenvalue weighted by Gasteiger charge is -2.29. The molecule has 1 aromatic carbocycles. The van der Waals surface area contributed by atoms with Crippen molar-refractivity contribution in [2.45, 2.75) is 39.7 Å². The molecule has 0 aliphatic carbocycles. The SMILES string of the molecule is CC(=O)NCCN1CCc2ccc(C(C)C)cc2C1.[HH]. The van der Waals surface area contributed by atoms with E-state index < -0.39 is 0 Å². The molecule has 1 aromatic rings. The van der Waals surface area contributed by atoms with Crippen LogP contribution in [0.25, 0.3) is 0 Å². The number of carbonyl (C=O) groups excluding carboxylic acids is 1. The van der Waals surface area contributed by atoms with E-state index in [2.05, 4.69) is 42.3 Å². The van der Waals surface area contributed by atoms with Crippen LogP contribution in [0.15, 0.2) is 18.2 Å². The van der Waals surface area contributed by atoms with Gasteiger partial charge in [-0.25, -0.2) is 0 Å². The van der Waals surface area contributed by atoms with E-state index in [1.54, 1.807) is 6.92 Å². The quantitative estimate of drug-likeness (QED) is 0.904. The molecule has 19 heavy (non-hydrogen) atoms. The summed E-state index contributed by atoms with van der Waals surface area (Å²) in [6, 6.07) is 6.90. The Hall–Kier alpha value is -1.35. The molecule has 106 valence electrons. The van der Waals surface area contributed by atoms with Crippen LogP contribution in [-0.4, -0.2) is 30.4 Å². The van der Waals surface area contributed by atoms with Crippen molar-refractivity contribution in [1.29, 1.82) is 0 Å². The van der Waals surface area contributed by atoms with Crippen LogP contribution in [0.3, 0.4) is 0 Å². The third-order valence-electron chi connectivity index (χ3n) is 3.79. The van der Waals surface area contributed by atoms with Crippen molar-refractivity contribution in [2.75, 3.05) is 19.6 Å². The number of nitrogens with zero attached hydrogens (tertiary/aromatic N) is 1. The first-order chi connectivity index (χ1) is 9.06. The van der Waals surface area contributed by atoms with E-state index in [1.807, 2.05) is 0 Å². The zero-order valence-corrected chi connectivity index (χ0v) is 12.2. The first-order valence-electron chi connectivity index (χ1n) is 7.14. The van der Waals surface area contributed by atoms with E-state index >= 15 is 0 Å². The molecule has 0 unspecified atom stereocenters. The monoisotopic (exact) mass is 262 g/mol. The van der Waals surface area contributed by atoms with Gasteiger partial charge in [0.1, 0.15) is 0 Å². The van der Waals surface area contributed by atoms with E-state index in [1.165, 1.54) is 16.7 Å². The maximum Gasteiger partial charge on any atom is 0.216 e. The largest absolute Gasteiger partial charge is 0.355 e. The molecule has 0 atom stereocenters. The summed E-state index contributed by atoms with van der Waals surface area (Å²) < 4.78 is 0. The fourth-order valence-electron chi connectivity index (χ4n) is 2.58. The molecule has 1 amide bonds. The van der Waals surface area contributed by atoms with Gasteiger partial charge < -0.3 is 5.32 Å². The minimum Gasteiger partial charge on any atom is -0.355 e. The Labute approximate surface area is 117 Å². The Morgan fingerprint density at radius 3 is 2.89 bits per heavy atom. The molecular formula is C16H26N2O. The summed E-state index contributed by atoms with van der Waals surface area (Å²) >= 11 is 0. The van der Waals surface area contributed by atoms with Crippen molar-refractivity contribution < 1.29 is 6.22 Å². The van der Waals surface area contributed by atoms with Gasteiger partial charge in [0.2, 0.25) is 5.91 Å². The summed E-state index contributed by atoms with van der Waals surface area (Å²) in [5.74, 6) is 0.638. The van der Waals surface area contributed by atoms with E-state index in [4.69, 9.17) is 0 Å². The fourth-order valence-corrected chi connectivity index (χ4v) is 2.58. The van der Waals surface area contributed by atoms with Crippen LogP contribution in [0.4, 0.5) is 0 Å². The lowest BCUT2D eigenvalue weighted by Crippen LogP contribution is -2.37. The Balaban J connectivity index is 0.00000200. The molecule has 2 rings (SSSR count). The molecule has 1 aliphatic rings. The lowest BCUT2D eigenvalue weighted by molar-refractivity contribution is -0.119. The van der Waals surface area contributed by atoms with Crippen LogP contribution in [0.5, 0.6) is 0 Å². The fraction of sp³-hybridized carbons (Fsp3) is 0.562. The summed E-state index contributed by atoms with van der Waals surface area (Å²) in [6.07, 6.45) is 1.12. The Bertz CT molecular complexity index is 460. The van der Waals surface area contributed by atoms with Gasteiger partial charge in [-0.3, -0.25) is 9.69 Å². The Morgan fingerprint density at radius 1 is 1.42 bits per heavy atom. The molecule has 0 aromatic heterocycles. The smallest absolute Gasteiger partial charge is 0.216 e. The number of fused-ring (bicyclic) bond motifs is 1. The molecule has 3 heteroatoms. The van der Waals surface area contributed by atoms with E-state index in [-0.39, 0.29) is 7.33 Å². The van der Waals surface area contributed by atoms with Crippen molar-refractivity contribution in [3.8, 4) is 0 Å². The zero-order valence-electron chi connectivity index (χ0n) is 12.2. The standard InChI is InChI=1S/C16H24N2O.H2/c1-12(2)15-5-4-14-6-8-18(11-16(14)10-15)9-7-17-13(3)19;/h4-5,10,12H,6-9,11H2,1-3H3,(H,17,19);1H. The molecule has 0 saturated carbocycles. The number of rotatable bonds is 4. The number of amides is 1. The van der Waals surface area contributed by atoms with Crippen molar-refractivity contribution in [3.05, 3.63) is 34.9 Å². The minimum absolute atomic E-state index is 0. The van der Waals surface area contributed by atoms with Crippen LogP contribution in [-0.2, 0) is 17.8 Å². The third-order valence-corrected chi connectivity index (χ3v) is 3.79. The van der Waals surface area contributed by atoms with Crippen molar-refractivity contribution >= 4 is 5.91 Å². The first kappa shape index (κ1) is 14.1. The minimum atomic E-state index is 0. The van der Waals surface area contributed by atoms with Crippen molar-refractivity contribution in [2.24, 2.45) is 0 Å². The Kier molecular flexibility index (Phi) is 4.59. The molecule has 0 fully saturated rings. The van der Waals surface area contributed by atoms with E-state index in [0.717, 1.165) is 32.6 Å². The van der Waals surface area contributed by atoms with Crippen LogP contribution in [0.2, 0.25) is 0 Å². The second-order valence-electron chi connectivity index (χ2n) is 5.69. The highest BCUT2D eigenvalue weighted by atomic mass is 16.1. The third kappa shape index (κ3) is 3.80. The average molecular weight is 262 g/mol. The van der Waals surface area contributed by atoms with Gasteiger partial charge in [-0.1, -0.05) is 32.0 Å². The average Bonchev–Trinajstić information content (AvgIpc) is 2.37. The highest BCUT2D eigenvalue weighted by Gasteiger charge is 2.16.